The number of fused-ring (bicyclic) bond motifs is 1. The van der Waals surface area contributed by atoms with Crippen molar-refractivity contribution in [3.8, 4) is 0 Å². The molecule has 0 aliphatic heterocycles. The molecule has 0 bridgehead atoms. The van der Waals surface area contributed by atoms with Crippen molar-refractivity contribution in [1.29, 1.82) is 0 Å². The van der Waals surface area contributed by atoms with Crippen LogP contribution < -0.4 is 0 Å². The maximum absolute atomic E-state index is 9.39. The second-order valence-electron chi connectivity index (χ2n) is 5.21. The Hall–Kier alpha value is -1.34. The van der Waals surface area contributed by atoms with Gasteiger partial charge >= 0.3 is 0 Å². The molecule has 1 heteroatoms. The van der Waals surface area contributed by atoms with E-state index in [0.717, 1.165) is 12.0 Å². The van der Waals surface area contributed by atoms with Crippen molar-refractivity contribution in [1.82, 2.24) is 0 Å². The van der Waals surface area contributed by atoms with Crippen molar-refractivity contribution in [2.75, 3.05) is 0 Å². The van der Waals surface area contributed by atoms with Gasteiger partial charge in [0.1, 0.15) is 0 Å². The third-order valence-corrected chi connectivity index (χ3v) is 3.80. The molecule has 0 aliphatic carbocycles. The molecule has 2 aromatic carbocycles. The summed E-state index contributed by atoms with van der Waals surface area (Å²) in [5, 5.41) is 11.8. The predicted molar refractivity (Wildman–Crippen MR) is 73.2 cm³/mol. The second-order valence-corrected chi connectivity index (χ2v) is 5.21. The van der Waals surface area contributed by atoms with E-state index in [2.05, 4.69) is 51.1 Å². The Morgan fingerprint density at radius 2 is 1.65 bits per heavy atom. The Kier molecular flexibility index (Phi) is 3.21. The van der Waals surface area contributed by atoms with Gasteiger partial charge in [0.15, 0.2) is 0 Å². The fourth-order valence-electron chi connectivity index (χ4n) is 2.28. The zero-order valence-corrected chi connectivity index (χ0v) is 10.8. The molecule has 2 rings (SSSR count). The van der Waals surface area contributed by atoms with Gasteiger partial charge in [-0.3, -0.25) is 0 Å². The van der Waals surface area contributed by atoms with E-state index in [1.54, 1.807) is 0 Å². The molecule has 0 amide bonds. The summed E-state index contributed by atoms with van der Waals surface area (Å²) in [6.45, 7) is 6.86. The van der Waals surface area contributed by atoms with Gasteiger partial charge in [-0.25, -0.2) is 0 Å². The van der Waals surface area contributed by atoms with Crippen LogP contribution in [0.25, 0.3) is 10.8 Å². The minimum Gasteiger partial charge on any atom is -0.392 e. The summed E-state index contributed by atoms with van der Waals surface area (Å²) in [6.07, 6.45) is 1.11. The number of aliphatic hydroxyl groups is 1. The highest BCUT2D eigenvalue weighted by Crippen LogP contribution is 2.34. The van der Waals surface area contributed by atoms with Crippen LogP contribution in [0.2, 0.25) is 0 Å². The van der Waals surface area contributed by atoms with Crippen molar-refractivity contribution < 1.29 is 5.11 Å². The highest BCUT2D eigenvalue weighted by molar-refractivity contribution is 5.89. The molecule has 1 N–H and O–H groups in total. The van der Waals surface area contributed by atoms with E-state index in [9.17, 15) is 5.11 Å². The Balaban J connectivity index is 2.75. The molecule has 0 saturated carbocycles. The summed E-state index contributed by atoms with van der Waals surface area (Å²) in [7, 11) is 0. The molecular formula is C16H20O. The molecule has 0 spiro atoms. The van der Waals surface area contributed by atoms with Crippen LogP contribution in [0, 0.1) is 0 Å². The van der Waals surface area contributed by atoms with Crippen molar-refractivity contribution in [2.24, 2.45) is 0 Å². The highest BCUT2D eigenvalue weighted by Gasteiger charge is 2.20. The first-order valence-electron chi connectivity index (χ1n) is 6.22. The van der Waals surface area contributed by atoms with E-state index in [1.807, 2.05) is 6.07 Å². The van der Waals surface area contributed by atoms with Crippen LogP contribution >= 0.6 is 0 Å². The molecule has 0 aliphatic rings. The first kappa shape index (κ1) is 12.1. The summed E-state index contributed by atoms with van der Waals surface area (Å²) in [6, 6.07) is 12.6. The summed E-state index contributed by atoms with van der Waals surface area (Å²) >= 11 is 0. The molecule has 90 valence electrons. The topological polar surface area (TPSA) is 20.2 Å². The van der Waals surface area contributed by atoms with E-state index < -0.39 is 0 Å². The molecule has 1 nitrogen and oxygen atoms in total. The minimum atomic E-state index is 0.105. The molecule has 0 aromatic heterocycles. The van der Waals surface area contributed by atoms with Crippen LogP contribution in [0.15, 0.2) is 36.4 Å². The normalized spacial score (nSPS) is 12.0. The Morgan fingerprint density at radius 3 is 2.24 bits per heavy atom. The van der Waals surface area contributed by atoms with Crippen LogP contribution in [0.3, 0.4) is 0 Å². The number of hydrogen-bond donors (Lipinski definition) is 1. The molecule has 0 fully saturated rings. The van der Waals surface area contributed by atoms with Gasteiger partial charge in [-0.15, -0.1) is 0 Å². The van der Waals surface area contributed by atoms with Crippen molar-refractivity contribution in [3.05, 3.63) is 47.5 Å². The lowest BCUT2D eigenvalue weighted by molar-refractivity contribution is 0.283. The van der Waals surface area contributed by atoms with Crippen LogP contribution in [-0.4, -0.2) is 5.11 Å². The zero-order chi connectivity index (χ0) is 12.5. The average molecular weight is 228 g/mol. The predicted octanol–water partition coefficient (Wildman–Crippen LogP) is 4.02. The van der Waals surface area contributed by atoms with Gasteiger partial charge in [-0.1, -0.05) is 57.2 Å². The number of rotatable bonds is 3. The van der Waals surface area contributed by atoms with Gasteiger partial charge in [0.2, 0.25) is 0 Å². The van der Waals surface area contributed by atoms with Gasteiger partial charge in [-0.2, -0.15) is 0 Å². The van der Waals surface area contributed by atoms with Gasteiger partial charge in [0, 0.05) is 0 Å². The highest BCUT2D eigenvalue weighted by atomic mass is 16.3. The first-order chi connectivity index (χ1) is 8.10. The lowest BCUT2D eigenvalue weighted by Crippen LogP contribution is -2.16. The fraction of sp³-hybridized carbons (Fsp3) is 0.375. The summed E-state index contributed by atoms with van der Waals surface area (Å²) in [5.74, 6) is 0. The number of aliphatic hydroxyl groups excluding tert-OH is 1. The molecule has 0 radical (unpaired) electrons. The first-order valence-corrected chi connectivity index (χ1v) is 6.22. The maximum Gasteiger partial charge on any atom is 0.0687 e. The number of benzene rings is 2. The van der Waals surface area contributed by atoms with E-state index in [-0.39, 0.29) is 12.0 Å². The summed E-state index contributed by atoms with van der Waals surface area (Å²) in [4.78, 5) is 0. The van der Waals surface area contributed by atoms with Gasteiger partial charge in [0.25, 0.3) is 0 Å². The number of hydrogen-bond acceptors (Lipinski definition) is 1. The van der Waals surface area contributed by atoms with Crippen LogP contribution in [0.4, 0.5) is 0 Å². The fourth-order valence-corrected chi connectivity index (χ4v) is 2.28. The molecule has 0 heterocycles. The third kappa shape index (κ3) is 2.07. The standard InChI is InChI=1S/C16H20O/c1-4-16(2,3)15-10-9-12(11-17)13-7-5-6-8-14(13)15/h5-10,17H,4,11H2,1-3H3. The Bertz CT molecular complexity index is 526. The van der Waals surface area contributed by atoms with E-state index in [4.69, 9.17) is 0 Å². The van der Waals surface area contributed by atoms with Gasteiger partial charge in [0.05, 0.1) is 6.61 Å². The Morgan fingerprint density at radius 1 is 1.00 bits per heavy atom. The SMILES string of the molecule is CCC(C)(C)c1ccc(CO)c2ccccc12. The molecule has 17 heavy (non-hydrogen) atoms. The van der Waals surface area contributed by atoms with Crippen molar-refractivity contribution in [2.45, 2.75) is 39.2 Å². The molecule has 0 unspecified atom stereocenters. The van der Waals surface area contributed by atoms with Crippen LogP contribution in [-0.2, 0) is 12.0 Å². The van der Waals surface area contributed by atoms with Gasteiger partial charge in [-0.05, 0) is 33.7 Å². The zero-order valence-electron chi connectivity index (χ0n) is 10.8. The van der Waals surface area contributed by atoms with E-state index in [0.29, 0.717) is 0 Å². The van der Waals surface area contributed by atoms with Crippen molar-refractivity contribution in [3.63, 3.8) is 0 Å². The lowest BCUT2D eigenvalue weighted by atomic mass is 9.79. The van der Waals surface area contributed by atoms with Crippen molar-refractivity contribution >= 4 is 10.8 Å². The quantitative estimate of drug-likeness (QED) is 0.841. The molecule has 0 saturated heterocycles. The average Bonchev–Trinajstić information content (AvgIpc) is 2.37. The summed E-state index contributed by atoms with van der Waals surface area (Å²) in [5.41, 5.74) is 2.55. The molecule has 2 aromatic rings. The summed E-state index contributed by atoms with van der Waals surface area (Å²) < 4.78 is 0. The maximum atomic E-state index is 9.39. The molecule has 0 atom stereocenters. The lowest BCUT2D eigenvalue weighted by Gasteiger charge is -2.25. The van der Waals surface area contributed by atoms with Crippen LogP contribution in [0.5, 0.6) is 0 Å². The Labute approximate surface area is 103 Å². The smallest absolute Gasteiger partial charge is 0.0687 e. The van der Waals surface area contributed by atoms with E-state index >= 15 is 0 Å². The third-order valence-electron chi connectivity index (χ3n) is 3.80. The second kappa shape index (κ2) is 4.50. The van der Waals surface area contributed by atoms with Gasteiger partial charge < -0.3 is 5.11 Å². The monoisotopic (exact) mass is 228 g/mol. The largest absolute Gasteiger partial charge is 0.392 e. The molecular weight excluding hydrogens is 208 g/mol. The van der Waals surface area contributed by atoms with Crippen LogP contribution in [0.1, 0.15) is 38.3 Å². The minimum absolute atomic E-state index is 0.105. The van der Waals surface area contributed by atoms with E-state index in [1.165, 1.54) is 16.3 Å².